The van der Waals surface area contributed by atoms with Crippen molar-refractivity contribution in [2.45, 2.75) is 20.8 Å². The predicted octanol–water partition coefficient (Wildman–Crippen LogP) is 6.49. The fraction of sp³-hybridized carbons (Fsp3) is 0.192. The zero-order chi connectivity index (χ0) is 22.1. The van der Waals surface area contributed by atoms with Crippen LogP contribution < -0.4 is 18.9 Å². The number of aryl methyl sites for hydroxylation is 1. The van der Waals surface area contributed by atoms with Gasteiger partial charge < -0.3 is 18.9 Å². The number of rotatable bonds is 8. The molecule has 0 aliphatic rings. The van der Waals surface area contributed by atoms with Gasteiger partial charge >= 0.3 is 0 Å². The summed E-state index contributed by atoms with van der Waals surface area (Å²) in [4.78, 5) is 4.70. The van der Waals surface area contributed by atoms with Gasteiger partial charge in [-0.15, -0.1) is 0 Å². The van der Waals surface area contributed by atoms with E-state index < -0.39 is 0 Å². The Morgan fingerprint density at radius 1 is 0.903 bits per heavy atom. The van der Waals surface area contributed by atoms with Crippen LogP contribution in [0.2, 0.25) is 0 Å². The minimum Gasteiger partial charge on any atom is -0.494 e. The molecule has 0 spiro atoms. The maximum Gasteiger partial charge on any atom is 0.225 e. The van der Waals surface area contributed by atoms with Crippen LogP contribution >= 0.6 is 0 Å². The van der Waals surface area contributed by atoms with Crippen molar-refractivity contribution in [2.24, 2.45) is 4.99 Å². The van der Waals surface area contributed by atoms with Crippen LogP contribution in [0.4, 0.5) is 5.69 Å². The van der Waals surface area contributed by atoms with Gasteiger partial charge in [0.1, 0.15) is 11.5 Å². The Bertz CT molecular complexity index is 1060. The molecule has 5 heteroatoms. The predicted molar refractivity (Wildman–Crippen MR) is 124 cm³/mol. The second-order valence-electron chi connectivity index (χ2n) is 6.83. The summed E-state index contributed by atoms with van der Waals surface area (Å²) < 4.78 is 22.9. The van der Waals surface area contributed by atoms with E-state index in [1.165, 1.54) is 0 Å². The molecular weight excluding hydrogens is 390 g/mol. The molecule has 0 N–H and O–H groups in total. The SMILES string of the molecule is CCOc1cccc(OC(=Nc2ccc(C)cc2)C(C)=COc2ccccc2OC)c1. The molecule has 0 aliphatic carbocycles. The highest BCUT2D eigenvalue weighted by Gasteiger charge is 2.10. The van der Waals surface area contributed by atoms with Crippen molar-refractivity contribution < 1.29 is 18.9 Å². The Morgan fingerprint density at radius 3 is 2.32 bits per heavy atom. The number of methoxy groups -OCH3 is 1. The van der Waals surface area contributed by atoms with Crippen LogP contribution in [0.5, 0.6) is 23.0 Å². The van der Waals surface area contributed by atoms with E-state index in [1.807, 2.05) is 93.6 Å². The smallest absolute Gasteiger partial charge is 0.225 e. The molecule has 3 aromatic carbocycles. The monoisotopic (exact) mass is 417 g/mol. The lowest BCUT2D eigenvalue weighted by Crippen LogP contribution is -2.11. The lowest BCUT2D eigenvalue weighted by molar-refractivity contribution is 0.339. The van der Waals surface area contributed by atoms with Crippen LogP contribution in [0.15, 0.2) is 89.6 Å². The van der Waals surface area contributed by atoms with Crippen molar-refractivity contribution in [3.8, 4) is 23.0 Å². The summed E-state index contributed by atoms with van der Waals surface area (Å²) in [7, 11) is 1.61. The number of hydrogen-bond donors (Lipinski definition) is 0. The van der Waals surface area contributed by atoms with Crippen molar-refractivity contribution >= 4 is 11.6 Å². The number of para-hydroxylation sites is 2. The van der Waals surface area contributed by atoms with E-state index in [2.05, 4.69) is 0 Å². The second-order valence-corrected chi connectivity index (χ2v) is 6.83. The van der Waals surface area contributed by atoms with E-state index in [-0.39, 0.29) is 0 Å². The Balaban J connectivity index is 1.91. The average molecular weight is 418 g/mol. The standard InChI is InChI=1S/C26H27NO4/c1-5-29-22-9-8-10-23(17-22)31-26(27-21-15-13-19(2)14-16-21)20(3)18-30-25-12-7-6-11-24(25)28-4/h6-18H,5H2,1-4H3. The van der Waals surface area contributed by atoms with E-state index in [1.54, 1.807) is 13.4 Å². The van der Waals surface area contributed by atoms with Crippen molar-refractivity contribution in [3.63, 3.8) is 0 Å². The average Bonchev–Trinajstić information content (AvgIpc) is 2.79. The molecule has 0 aromatic heterocycles. The number of benzene rings is 3. The Kier molecular flexibility index (Phi) is 7.71. The highest BCUT2D eigenvalue weighted by atomic mass is 16.5. The first kappa shape index (κ1) is 22.0. The Labute approximate surface area is 183 Å². The normalized spacial score (nSPS) is 11.7. The van der Waals surface area contributed by atoms with Crippen molar-refractivity contribution in [3.05, 3.63) is 90.2 Å². The van der Waals surface area contributed by atoms with Gasteiger partial charge in [-0.05, 0) is 57.2 Å². The molecule has 3 rings (SSSR count). The summed E-state index contributed by atoms with van der Waals surface area (Å²) in [5, 5.41) is 0. The van der Waals surface area contributed by atoms with Crippen molar-refractivity contribution in [1.82, 2.24) is 0 Å². The molecule has 0 bridgehead atoms. The van der Waals surface area contributed by atoms with Gasteiger partial charge in [0.25, 0.3) is 0 Å². The molecule has 0 atom stereocenters. The summed E-state index contributed by atoms with van der Waals surface area (Å²) >= 11 is 0. The zero-order valence-corrected chi connectivity index (χ0v) is 18.3. The van der Waals surface area contributed by atoms with Crippen molar-refractivity contribution in [2.75, 3.05) is 13.7 Å². The van der Waals surface area contributed by atoms with Crippen LogP contribution in [0.1, 0.15) is 19.4 Å². The zero-order valence-electron chi connectivity index (χ0n) is 18.3. The van der Waals surface area contributed by atoms with Gasteiger partial charge in [-0.2, -0.15) is 0 Å². The molecule has 0 fully saturated rings. The molecule has 0 saturated heterocycles. The molecule has 0 radical (unpaired) electrons. The molecular formula is C26H27NO4. The van der Waals surface area contributed by atoms with Gasteiger partial charge in [0.05, 0.1) is 25.7 Å². The second kappa shape index (κ2) is 10.9. The number of nitrogens with zero attached hydrogens (tertiary/aromatic N) is 1. The van der Waals surface area contributed by atoms with E-state index in [4.69, 9.17) is 23.9 Å². The maximum atomic E-state index is 6.13. The quantitative estimate of drug-likeness (QED) is 0.239. The van der Waals surface area contributed by atoms with E-state index >= 15 is 0 Å². The van der Waals surface area contributed by atoms with Gasteiger partial charge in [-0.25, -0.2) is 4.99 Å². The third kappa shape index (κ3) is 6.37. The van der Waals surface area contributed by atoms with Gasteiger partial charge in [0, 0.05) is 11.6 Å². The molecule has 31 heavy (non-hydrogen) atoms. The Hall–Kier alpha value is -3.73. The largest absolute Gasteiger partial charge is 0.494 e. The Morgan fingerprint density at radius 2 is 1.61 bits per heavy atom. The van der Waals surface area contributed by atoms with Crippen LogP contribution in [0.3, 0.4) is 0 Å². The molecule has 0 amide bonds. The summed E-state index contributed by atoms with van der Waals surface area (Å²) in [5.74, 6) is 3.04. The van der Waals surface area contributed by atoms with Crippen LogP contribution in [0, 0.1) is 6.92 Å². The molecule has 0 saturated carbocycles. The molecule has 0 unspecified atom stereocenters. The van der Waals surface area contributed by atoms with Gasteiger partial charge in [-0.3, -0.25) is 0 Å². The van der Waals surface area contributed by atoms with E-state index in [0.29, 0.717) is 35.3 Å². The molecule has 0 aliphatic heterocycles. The lowest BCUT2D eigenvalue weighted by atomic mass is 10.2. The third-order valence-electron chi connectivity index (χ3n) is 4.36. The van der Waals surface area contributed by atoms with Gasteiger partial charge in [-0.1, -0.05) is 35.9 Å². The molecule has 5 nitrogen and oxygen atoms in total. The third-order valence-corrected chi connectivity index (χ3v) is 4.36. The summed E-state index contributed by atoms with van der Waals surface area (Å²) in [6.45, 7) is 6.45. The summed E-state index contributed by atoms with van der Waals surface area (Å²) in [5.41, 5.74) is 2.66. The minimum absolute atomic E-state index is 0.424. The first-order valence-electron chi connectivity index (χ1n) is 10.1. The number of ether oxygens (including phenoxy) is 4. The first-order valence-corrected chi connectivity index (χ1v) is 10.1. The summed E-state index contributed by atoms with van der Waals surface area (Å²) in [6, 6.07) is 22.8. The van der Waals surface area contributed by atoms with Crippen LogP contribution in [-0.2, 0) is 0 Å². The lowest BCUT2D eigenvalue weighted by Gasteiger charge is -2.12. The maximum absolute atomic E-state index is 6.13. The van der Waals surface area contributed by atoms with E-state index in [0.717, 1.165) is 17.0 Å². The highest BCUT2D eigenvalue weighted by Crippen LogP contribution is 2.27. The molecule has 0 heterocycles. The number of hydrogen-bond acceptors (Lipinski definition) is 5. The highest BCUT2D eigenvalue weighted by molar-refractivity contribution is 5.96. The minimum atomic E-state index is 0.424. The van der Waals surface area contributed by atoms with E-state index in [9.17, 15) is 0 Å². The fourth-order valence-electron chi connectivity index (χ4n) is 2.75. The molecule has 3 aromatic rings. The van der Waals surface area contributed by atoms with Gasteiger partial charge in [0.2, 0.25) is 5.90 Å². The topological polar surface area (TPSA) is 49.3 Å². The first-order chi connectivity index (χ1) is 15.1. The van der Waals surface area contributed by atoms with Gasteiger partial charge in [0.15, 0.2) is 11.5 Å². The number of aliphatic imine (C=N–C) groups is 1. The summed E-state index contributed by atoms with van der Waals surface area (Å²) in [6.07, 6.45) is 1.61. The fourth-order valence-corrected chi connectivity index (χ4v) is 2.75. The molecule has 160 valence electrons. The van der Waals surface area contributed by atoms with Crippen LogP contribution in [0.25, 0.3) is 0 Å². The van der Waals surface area contributed by atoms with Crippen LogP contribution in [-0.4, -0.2) is 19.6 Å². The van der Waals surface area contributed by atoms with Crippen molar-refractivity contribution in [1.29, 1.82) is 0 Å².